The molecule has 0 fully saturated rings. The molecule has 0 aliphatic carbocycles. The summed E-state index contributed by atoms with van der Waals surface area (Å²) >= 11 is 0. The van der Waals surface area contributed by atoms with Gasteiger partial charge in [0.25, 0.3) is 6.67 Å². The van der Waals surface area contributed by atoms with E-state index in [0.29, 0.717) is 12.3 Å². The Morgan fingerprint density at radius 2 is 2.30 bits per heavy atom. The maximum absolute atomic E-state index is 10.8. The minimum absolute atomic E-state index is 0.0361. The SMILES string of the molecule is [C-]#[N+]CNC(=O)CC(C)C. The minimum atomic E-state index is -0.0361. The molecule has 56 valence electrons. The summed E-state index contributed by atoms with van der Waals surface area (Å²) in [7, 11) is 0. The Morgan fingerprint density at radius 3 is 2.70 bits per heavy atom. The number of rotatable bonds is 3. The summed E-state index contributed by atoms with van der Waals surface area (Å²) in [5.74, 6) is 0.330. The molecule has 0 aromatic carbocycles. The van der Waals surface area contributed by atoms with Gasteiger partial charge in [-0.2, -0.15) is 0 Å². The molecule has 0 aromatic heterocycles. The first-order valence-corrected chi connectivity index (χ1v) is 3.26. The average molecular weight is 140 g/mol. The van der Waals surface area contributed by atoms with Crippen LogP contribution in [0, 0.1) is 12.5 Å². The van der Waals surface area contributed by atoms with Crippen molar-refractivity contribution in [2.24, 2.45) is 5.92 Å². The van der Waals surface area contributed by atoms with E-state index in [2.05, 4.69) is 10.2 Å². The smallest absolute Gasteiger partial charge is 0.289 e. The lowest BCUT2D eigenvalue weighted by molar-refractivity contribution is -0.121. The van der Waals surface area contributed by atoms with Crippen LogP contribution in [0.4, 0.5) is 0 Å². The van der Waals surface area contributed by atoms with Crippen LogP contribution in [0.5, 0.6) is 0 Å². The molecule has 0 saturated carbocycles. The molecule has 0 radical (unpaired) electrons. The van der Waals surface area contributed by atoms with Crippen LogP contribution >= 0.6 is 0 Å². The van der Waals surface area contributed by atoms with E-state index in [1.165, 1.54) is 0 Å². The van der Waals surface area contributed by atoms with Gasteiger partial charge in [-0.25, -0.2) is 6.57 Å². The molecular formula is C7H12N2O. The van der Waals surface area contributed by atoms with Gasteiger partial charge in [0.15, 0.2) is 0 Å². The third-order valence-corrected chi connectivity index (χ3v) is 0.949. The number of nitrogens with zero attached hydrogens (tertiary/aromatic N) is 1. The Kier molecular flexibility index (Phi) is 4.30. The van der Waals surface area contributed by atoms with Crippen LogP contribution in [0.1, 0.15) is 20.3 Å². The van der Waals surface area contributed by atoms with Crippen LogP contribution < -0.4 is 5.32 Å². The normalized spacial score (nSPS) is 9.00. The predicted molar refractivity (Wildman–Crippen MR) is 39.1 cm³/mol. The van der Waals surface area contributed by atoms with Crippen LogP contribution in [-0.2, 0) is 4.79 Å². The molecule has 0 atom stereocenters. The van der Waals surface area contributed by atoms with Crippen molar-refractivity contribution in [3.8, 4) is 0 Å². The van der Waals surface area contributed by atoms with Gasteiger partial charge in [-0.05, 0) is 5.92 Å². The number of hydrogen-bond donors (Lipinski definition) is 1. The number of amides is 1. The van der Waals surface area contributed by atoms with E-state index in [0.717, 1.165) is 0 Å². The standard InChI is InChI=1S/C7H12N2O/c1-6(2)4-7(10)9-5-8-3/h6H,4-5H2,1-2H3,(H,9,10). The van der Waals surface area contributed by atoms with Gasteiger partial charge in [-0.15, -0.1) is 0 Å². The molecule has 10 heavy (non-hydrogen) atoms. The summed E-state index contributed by atoms with van der Waals surface area (Å²) in [5.41, 5.74) is 0. The molecule has 0 aromatic rings. The minimum Gasteiger partial charge on any atom is -0.293 e. The van der Waals surface area contributed by atoms with Crippen LogP contribution in [0.3, 0.4) is 0 Å². The van der Waals surface area contributed by atoms with E-state index in [1.807, 2.05) is 13.8 Å². The zero-order valence-electron chi connectivity index (χ0n) is 6.35. The molecule has 3 nitrogen and oxygen atoms in total. The number of nitrogens with one attached hydrogen (secondary N) is 1. The summed E-state index contributed by atoms with van der Waals surface area (Å²) in [5, 5.41) is 2.47. The molecule has 0 heterocycles. The Morgan fingerprint density at radius 1 is 1.70 bits per heavy atom. The van der Waals surface area contributed by atoms with Gasteiger partial charge < -0.3 is 0 Å². The lowest BCUT2D eigenvalue weighted by atomic mass is 10.1. The van der Waals surface area contributed by atoms with Gasteiger partial charge in [0.05, 0.1) is 0 Å². The van der Waals surface area contributed by atoms with Gasteiger partial charge in [-0.3, -0.25) is 15.0 Å². The van der Waals surface area contributed by atoms with Crippen molar-refractivity contribution in [1.29, 1.82) is 0 Å². The highest BCUT2D eigenvalue weighted by molar-refractivity contribution is 5.76. The van der Waals surface area contributed by atoms with Crippen LogP contribution in [0.25, 0.3) is 4.85 Å². The summed E-state index contributed by atoms with van der Waals surface area (Å²) < 4.78 is 0. The van der Waals surface area contributed by atoms with Gasteiger partial charge >= 0.3 is 0 Å². The second-order valence-corrected chi connectivity index (χ2v) is 2.51. The molecular weight excluding hydrogens is 128 g/mol. The molecule has 0 rings (SSSR count). The third-order valence-electron chi connectivity index (χ3n) is 0.949. The van der Waals surface area contributed by atoms with E-state index in [9.17, 15) is 4.79 Å². The van der Waals surface area contributed by atoms with Gasteiger partial charge in [0.1, 0.15) is 0 Å². The van der Waals surface area contributed by atoms with Crippen LogP contribution in [0.2, 0.25) is 0 Å². The van der Waals surface area contributed by atoms with Crippen molar-refractivity contribution >= 4 is 5.91 Å². The van der Waals surface area contributed by atoms with E-state index >= 15 is 0 Å². The van der Waals surface area contributed by atoms with Crippen molar-refractivity contribution in [3.63, 3.8) is 0 Å². The van der Waals surface area contributed by atoms with E-state index < -0.39 is 0 Å². The zero-order valence-corrected chi connectivity index (χ0v) is 6.35. The molecule has 0 unspecified atom stereocenters. The average Bonchev–Trinajstić information content (AvgIpc) is 1.82. The van der Waals surface area contributed by atoms with Crippen LogP contribution in [0.15, 0.2) is 0 Å². The topological polar surface area (TPSA) is 33.5 Å². The number of hydrogen-bond acceptors (Lipinski definition) is 1. The Labute approximate surface area is 61.2 Å². The summed E-state index contributed by atoms with van der Waals surface area (Å²) in [6.45, 7) is 10.4. The zero-order chi connectivity index (χ0) is 7.98. The number of carbonyl (C=O) groups excluding carboxylic acids is 1. The second-order valence-electron chi connectivity index (χ2n) is 2.51. The van der Waals surface area contributed by atoms with Crippen molar-refractivity contribution in [2.75, 3.05) is 6.67 Å². The molecule has 1 N–H and O–H groups in total. The van der Waals surface area contributed by atoms with Crippen molar-refractivity contribution in [3.05, 3.63) is 11.4 Å². The summed E-state index contributed by atoms with van der Waals surface area (Å²) in [6.07, 6.45) is 0.509. The predicted octanol–water partition coefficient (Wildman–Crippen LogP) is 1.03. The van der Waals surface area contributed by atoms with Gasteiger partial charge in [0, 0.05) is 6.42 Å². The fourth-order valence-corrected chi connectivity index (χ4v) is 0.571. The van der Waals surface area contributed by atoms with E-state index in [-0.39, 0.29) is 12.6 Å². The Bertz CT molecular complexity index is 146. The number of carbonyl (C=O) groups is 1. The Hall–Kier alpha value is -1.04. The first kappa shape index (κ1) is 8.96. The van der Waals surface area contributed by atoms with E-state index in [1.54, 1.807) is 0 Å². The first-order chi connectivity index (χ1) is 4.66. The second kappa shape index (κ2) is 4.80. The molecule has 0 aliphatic heterocycles. The fraction of sp³-hybridized carbons (Fsp3) is 0.714. The van der Waals surface area contributed by atoms with Gasteiger partial charge in [0.2, 0.25) is 5.91 Å². The monoisotopic (exact) mass is 140 g/mol. The highest BCUT2D eigenvalue weighted by Gasteiger charge is 2.03. The molecule has 1 amide bonds. The fourth-order valence-electron chi connectivity index (χ4n) is 0.571. The quantitative estimate of drug-likeness (QED) is 0.583. The van der Waals surface area contributed by atoms with Crippen LogP contribution in [-0.4, -0.2) is 12.6 Å². The lowest BCUT2D eigenvalue weighted by Crippen LogP contribution is -2.23. The summed E-state index contributed by atoms with van der Waals surface area (Å²) in [6, 6.07) is 0. The van der Waals surface area contributed by atoms with E-state index in [4.69, 9.17) is 6.57 Å². The first-order valence-electron chi connectivity index (χ1n) is 3.26. The summed E-state index contributed by atoms with van der Waals surface area (Å²) in [4.78, 5) is 13.8. The molecule has 0 saturated heterocycles. The largest absolute Gasteiger partial charge is 0.293 e. The molecule has 0 spiro atoms. The Balaban J connectivity index is 3.37. The molecule has 3 heteroatoms. The van der Waals surface area contributed by atoms with Crippen molar-refractivity contribution < 1.29 is 4.79 Å². The maximum Gasteiger partial charge on any atom is 0.289 e. The van der Waals surface area contributed by atoms with Gasteiger partial charge in [-0.1, -0.05) is 13.8 Å². The highest BCUT2D eigenvalue weighted by atomic mass is 16.1. The maximum atomic E-state index is 10.8. The lowest BCUT2D eigenvalue weighted by Gasteiger charge is -2.00. The third kappa shape index (κ3) is 5.10. The molecule has 0 bridgehead atoms. The van der Waals surface area contributed by atoms with Crippen molar-refractivity contribution in [2.45, 2.75) is 20.3 Å². The van der Waals surface area contributed by atoms with Crippen molar-refractivity contribution in [1.82, 2.24) is 5.32 Å². The molecule has 0 aliphatic rings. The highest BCUT2D eigenvalue weighted by Crippen LogP contribution is 1.97.